The van der Waals surface area contributed by atoms with E-state index < -0.39 is 0 Å². The monoisotopic (exact) mass is 271 g/mol. The minimum Gasteiger partial charge on any atom is -0.381 e. The van der Waals surface area contributed by atoms with Gasteiger partial charge < -0.3 is 10.1 Å². The number of hydrogen-bond donors (Lipinski definition) is 1. The van der Waals surface area contributed by atoms with Crippen LogP contribution in [0, 0.1) is 5.92 Å². The highest BCUT2D eigenvalue weighted by Gasteiger charge is 2.14. The van der Waals surface area contributed by atoms with Crippen molar-refractivity contribution in [3.63, 3.8) is 0 Å². The van der Waals surface area contributed by atoms with Gasteiger partial charge in [0.15, 0.2) is 0 Å². The van der Waals surface area contributed by atoms with E-state index in [-0.39, 0.29) is 0 Å². The molecule has 1 unspecified atom stereocenters. The van der Waals surface area contributed by atoms with Gasteiger partial charge in [-0.15, -0.1) is 0 Å². The zero-order chi connectivity index (χ0) is 13.6. The lowest BCUT2D eigenvalue weighted by atomic mass is 10.1. The summed E-state index contributed by atoms with van der Waals surface area (Å²) in [5.41, 5.74) is 2.18. The molecule has 1 atom stereocenters. The topological polar surface area (TPSA) is 39.1 Å². The third-order valence-electron chi connectivity index (χ3n) is 3.72. The van der Waals surface area contributed by atoms with Gasteiger partial charge in [-0.3, -0.25) is 0 Å². The van der Waals surface area contributed by atoms with Crippen molar-refractivity contribution >= 4 is 0 Å². The second kappa shape index (κ2) is 6.68. The molecule has 1 saturated heterocycles. The zero-order valence-electron chi connectivity index (χ0n) is 11.7. The van der Waals surface area contributed by atoms with Crippen LogP contribution < -0.4 is 5.32 Å². The molecule has 4 nitrogen and oxygen atoms in total. The van der Waals surface area contributed by atoms with Gasteiger partial charge >= 0.3 is 0 Å². The number of aromatic nitrogens is 2. The van der Waals surface area contributed by atoms with Crippen molar-refractivity contribution in [2.45, 2.75) is 19.4 Å². The Kier molecular flexibility index (Phi) is 4.46. The predicted octanol–water partition coefficient (Wildman–Crippen LogP) is 2.39. The maximum atomic E-state index is 5.38. The number of nitrogens with zero attached hydrogens (tertiary/aromatic N) is 2. The van der Waals surface area contributed by atoms with E-state index in [9.17, 15) is 0 Å². The minimum absolute atomic E-state index is 0.740. The second-order valence-corrected chi connectivity index (χ2v) is 5.28. The number of hydrogen-bond acceptors (Lipinski definition) is 3. The number of benzene rings is 1. The molecule has 20 heavy (non-hydrogen) atoms. The van der Waals surface area contributed by atoms with Gasteiger partial charge in [-0.2, -0.15) is 5.10 Å². The average molecular weight is 271 g/mol. The lowest BCUT2D eigenvalue weighted by molar-refractivity contribution is 0.184. The molecule has 0 aliphatic carbocycles. The quantitative estimate of drug-likeness (QED) is 0.820. The van der Waals surface area contributed by atoms with Gasteiger partial charge in [-0.1, -0.05) is 18.2 Å². The highest BCUT2D eigenvalue weighted by Crippen LogP contribution is 2.15. The summed E-state index contributed by atoms with van der Waals surface area (Å²) in [6.07, 6.45) is 4.42. The van der Waals surface area contributed by atoms with Crippen LogP contribution in [0.1, 0.15) is 18.5 Å². The summed E-state index contributed by atoms with van der Waals surface area (Å²) in [5, 5.41) is 8.04. The smallest absolute Gasteiger partial charge is 0.0766 e. The van der Waals surface area contributed by atoms with Crippen LogP contribution in [0.15, 0.2) is 42.6 Å². The fourth-order valence-corrected chi connectivity index (χ4v) is 2.51. The highest BCUT2D eigenvalue weighted by molar-refractivity contribution is 5.30. The molecule has 1 aliphatic rings. The summed E-state index contributed by atoms with van der Waals surface area (Å²) < 4.78 is 7.30. The summed E-state index contributed by atoms with van der Waals surface area (Å²) in [7, 11) is 0. The molecule has 0 spiro atoms. The molecule has 2 heterocycles. The number of rotatable bonds is 6. The van der Waals surface area contributed by atoms with Crippen molar-refractivity contribution in [1.29, 1.82) is 0 Å². The van der Waals surface area contributed by atoms with Crippen LogP contribution in [0.25, 0.3) is 5.69 Å². The Morgan fingerprint density at radius 2 is 2.15 bits per heavy atom. The molecular formula is C16H21N3O. The Morgan fingerprint density at radius 1 is 1.25 bits per heavy atom. The molecule has 0 bridgehead atoms. The molecule has 0 amide bonds. The van der Waals surface area contributed by atoms with Crippen LogP contribution >= 0.6 is 0 Å². The molecule has 1 aromatic heterocycles. The summed E-state index contributed by atoms with van der Waals surface area (Å²) in [5.74, 6) is 0.740. The first kappa shape index (κ1) is 13.3. The van der Waals surface area contributed by atoms with Crippen LogP contribution in [0.4, 0.5) is 0 Å². The largest absolute Gasteiger partial charge is 0.381 e. The summed E-state index contributed by atoms with van der Waals surface area (Å²) in [6.45, 7) is 3.73. The van der Waals surface area contributed by atoms with Crippen molar-refractivity contribution in [3.05, 3.63) is 48.3 Å². The van der Waals surface area contributed by atoms with Crippen LogP contribution in [-0.4, -0.2) is 29.5 Å². The van der Waals surface area contributed by atoms with Gasteiger partial charge in [0.05, 0.1) is 11.4 Å². The summed E-state index contributed by atoms with van der Waals surface area (Å²) in [6, 6.07) is 12.3. The Labute approximate surface area is 119 Å². The van der Waals surface area contributed by atoms with E-state index in [1.54, 1.807) is 0 Å². The molecule has 0 saturated carbocycles. The molecule has 4 heteroatoms. The van der Waals surface area contributed by atoms with Crippen LogP contribution in [-0.2, 0) is 11.3 Å². The van der Waals surface area contributed by atoms with Gasteiger partial charge in [0.25, 0.3) is 0 Å². The first-order chi connectivity index (χ1) is 9.92. The molecule has 1 fully saturated rings. The van der Waals surface area contributed by atoms with E-state index in [0.29, 0.717) is 0 Å². The number of nitrogens with one attached hydrogen (secondary N) is 1. The van der Waals surface area contributed by atoms with E-state index >= 15 is 0 Å². The Balaban J connectivity index is 1.45. The highest BCUT2D eigenvalue weighted by atomic mass is 16.5. The van der Waals surface area contributed by atoms with Gasteiger partial charge in [0.2, 0.25) is 0 Å². The number of para-hydroxylation sites is 1. The molecule has 1 aliphatic heterocycles. The van der Waals surface area contributed by atoms with Gasteiger partial charge in [0, 0.05) is 26.0 Å². The SMILES string of the molecule is c1ccc(-n2ccc(CNCCC3CCOC3)n2)cc1. The first-order valence-corrected chi connectivity index (χ1v) is 7.30. The Morgan fingerprint density at radius 3 is 2.95 bits per heavy atom. The van der Waals surface area contributed by atoms with E-state index in [4.69, 9.17) is 4.74 Å². The van der Waals surface area contributed by atoms with E-state index in [1.165, 1.54) is 12.8 Å². The fourth-order valence-electron chi connectivity index (χ4n) is 2.51. The molecule has 0 radical (unpaired) electrons. The molecular weight excluding hydrogens is 250 g/mol. The fraction of sp³-hybridized carbons (Fsp3) is 0.438. The van der Waals surface area contributed by atoms with E-state index in [2.05, 4.69) is 28.6 Å². The van der Waals surface area contributed by atoms with Crippen LogP contribution in [0.5, 0.6) is 0 Å². The maximum Gasteiger partial charge on any atom is 0.0766 e. The molecule has 3 rings (SSSR count). The van der Waals surface area contributed by atoms with Crippen LogP contribution in [0.2, 0.25) is 0 Å². The molecule has 106 valence electrons. The van der Waals surface area contributed by atoms with Crippen LogP contribution in [0.3, 0.4) is 0 Å². The lowest BCUT2D eigenvalue weighted by Gasteiger charge is -2.07. The average Bonchev–Trinajstić information content (AvgIpc) is 3.16. The first-order valence-electron chi connectivity index (χ1n) is 7.30. The molecule has 1 aromatic carbocycles. The molecule has 1 N–H and O–H groups in total. The van der Waals surface area contributed by atoms with Crippen molar-refractivity contribution in [2.75, 3.05) is 19.8 Å². The summed E-state index contributed by atoms with van der Waals surface area (Å²) in [4.78, 5) is 0. The molecule has 2 aromatic rings. The van der Waals surface area contributed by atoms with Crippen molar-refractivity contribution in [2.24, 2.45) is 5.92 Å². The van der Waals surface area contributed by atoms with Gasteiger partial charge in [-0.05, 0) is 43.5 Å². The number of ether oxygens (including phenoxy) is 1. The maximum absolute atomic E-state index is 5.38. The standard InChI is InChI=1S/C16H21N3O/c1-2-4-16(5-3-1)19-10-7-15(18-19)12-17-9-6-14-8-11-20-13-14/h1-5,7,10,14,17H,6,8-9,11-13H2. The normalized spacial score (nSPS) is 18.5. The van der Waals surface area contributed by atoms with Gasteiger partial charge in [0.1, 0.15) is 0 Å². The Hall–Kier alpha value is -1.65. The van der Waals surface area contributed by atoms with E-state index in [0.717, 1.165) is 43.6 Å². The van der Waals surface area contributed by atoms with Crippen molar-refractivity contribution < 1.29 is 4.74 Å². The Bertz CT molecular complexity index is 518. The lowest BCUT2D eigenvalue weighted by Crippen LogP contribution is -2.18. The minimum atomic E-state index is 0.740. The zero-order valence-corrected chi connectivity index (χ0v) is 11.7. The van der Waals surface area contributed by atoms with Crippen molar-refractivity contribution in [1.82, 2.24) is 15.1 Å². The van der Waals surface area contributed by atoms with E-state index in [1.807, 2.05) is 29.1 Å². The van der Waals surface area contributed by atoms with Gasteiger partial charge in [-0.25, -0.2) is 4.68 Å². The second-order valence-electron chi connectivity index (χ2n) is 5.28. The predicted molar refractivity (Wildman–Crippen MR) is 78.8 cm³/mol. The third kappa shape index (κ3) is 3.46. The summed E-state index contributed by atoms with van der Waals surface area (Å²) >= 11 is 0. The van der Waals surface area contributed by atoms with Crippen molar-refractivity contribution in [3.8, 4) is 5.69 Å². The third-order valence-corrected chi connectivity index (χ3v) is 3.72.